The summed E-state index contributed by atoms with van der Waals surface area (Å²) in [5.41, 5.74) is 1.20. The first kappa shape index (κ1) is 22.6. The van der Waals surface area contributed by atoms with Gasteiger partial charge in [-0.05, 0) is 67.9 Å². The van der Waals surface area contributed by atoms with Crippen LogP contribution in [0.25, 0.3) is 0 Å². The summed E-state index contributed by atoms with van der Waals surface area (Å²) in [6.45, 7) is 1.12. The van der Waals surface area contributed by atoms with E-state index in [0.717, 1.165) is 55.9 Å². The van der Waals surface area contributed by atoms with Gasteiger partial charge in [-0.2, -0.15) is 0 Å². The lowest BCUT2D eigenvalue weighted by molar-refractivity contribution is -0.141. The molecule has 8 heteroatoms. The second kappa shape index (κ2) is 9.48. The summed E-state index contributed by atoms with van der Waals surface area (Å²) in [7, 11) is 0. The Hall–Kier alpha value is -2.61. The van der Waals surface area contributed by atoms with Crippen LogP contribution in [-0.2, 0) is 17.6 Å². The van der Waals surface area contributed by atoms with Gasteiger partial charge in [-0.1, -0.05) is 12.1 Å². The van der Waals surface area contributed by atoms with Crippen LogP contribution < -0.4 is 5.32 Å². The van der Waals surface area contributed by atoms with Crippen molar-refractivity contribution in [2.24, 2.45) is 0 Å². The fourth-order valence-electron chi connectivity index (χ4n) is 4.66. The van der Waals surface area contributed by atoms with Crippen LogP contribution in [0.3, 0.4) is 0 Å². The normalized spacial score (nSPS) is 18.3. The van der Waals surface area contributed by atoms with E-state index < -0.39 is 29.3 Å². The number of nitrogens with one attached hydrogen (secondary N) is 1. The topological polar surface area (TPSA) is 65.5 Å². The first-order valence-electron chi connectivity index (χ1n) is 11.2. The number of carboxylic acid groups (broad SMARTS) is 1. The summed E-state index contributed by atoms with van der Waals surface area (Å²) in [6, 6.07) is 6.82. The third kappa shape index (κ3) is 5.23. The highest BCUT2D eigenvalue weighted by molar-refractivity contribution is 5.68. The van der Waals surface area contributed by atoms with Gasteiger partial charge in [-0.15, -0.1) is 0 Å². The molecule has 0 bridgehead atoms. The van der Waals surface area contributed by atoms with Crippen molar-refractivity contribution >= 4 is 11.8 Å². The molecule has 0 radical (unpaired) electrons. The molecule has 2 N–H and O–H groups in total. The number of alkyl halides is 1. The number of unbranched alkanes of at least 4 members (excludes halogenated alkanes) is 1. The number of halogens is 3. The minimum absolute atomic E-state index is 0.0883. The van der Waals surface area contributed by atoms with Gasteiger partial charge >= 0.3 is 5.97 Å². The van der Waals surface area contributed by atoms with E-state index in [-0.39, 0.29) is 19.5 Å². The first-order chi connectivity index (χ1) is 15.3. The van der Waals surface area contributed by atoms with Crippen molar-refractivity contribution in [3.63, 3.8) is 0 Å². The lowest BCUT2D eigenvalue weighted by Gasteiger charge is -2.48. The third-order valence-corrected chi connectivity index (χ3v) is 6.37. The molecule has 2 aliphatic rings. The fraction of sp³-hybridized carbons (Fsp3) is 0.500. The van der Waals surface area contributed by atoms with Gasteiger partial charge in [0.25, 0.3) is 0 Å². The first-order valence-corrected chi connectivity index (χ1v) is 11.2. The molecule has 5 nitrogen and oxygen atoms in total. The second-order valence-corrected chi connectivity index (χ2v) is 8.89. The summed E-state index contributed by atoms with van der Waals surface area (Å²) in [6.07, 6.45) is 4.55. The minimum atomic E-state index is -1.39. The number of hydrogen-bond donors (Lipinski definition) is 2. The van der Waals surface area contributed by atoms with Crippen LogP contribution in [0, 0.1) is 11.6 Å². The quantitative estimate of drug-likeness (QED) is 0.547. The van der Waals surface area contributed by atoms with Gasteiger partial charge in [0.15, 0.2) is 11.6 Å². The molecule has 32 heavy (non-hydrogen) atoms. The van der Waals surface area contributed by atoms with E-state index in [0.29, 0.717) is 18.4 Å². The number of anilines is 1. The molecule has 2 aliphatic heterocycles. The molecule has 0 aliphatic carbocycles. The van der Waals surface area contributed by atoms with Crippen LogP contribution in [-0.4, -0.2) is 46.3 Å². The maximum absolute atomic E-state index is 15.1. The van der Waals surface area contributed by atoms with E-state index in [1.165, 1.54) is 11.6 Å². The highest BCUT2D eigenvalue weighted by Gasteiger charge is 2.46. The van der Waals surface area contributed by atoms with Gasteiger partial charge in [0.2, 0.25) is 0 Å². The Morgan fingerprint density at radius 3 is 2.75 bits per heavy atom. The minimum Gasteiger partial charge on any atom is -0.481 e. The zero-order valence-corrected chi connectivity index (χ0v) is 17.9. The van der Waals surface area contributed by atoms with Crippen LogP contribution in [0.5, 0.6) is 0 Å². The molecule has 4 rings (SSSR count). The number of carbonyl (C=O) groups is 1. The largest absolute Gasteiger partial charge is 0.481 e. The molecule has 1 fully saturated rings. The third-order valence-electron chi connectivity index (χ3n) is 6.37. The molecule has 1 aromatic carbocycles. The monoisotopic (exact) mass is 447 g/mol. The van der Waals surface area contributed by atoms with Crippen molar-refractivity contribution in [2.45, 2.75) is 56.7 Å². The molecular formula is C24H28F3N3O2. The second-order valence-electron chi connectivity index (χ2n) is 8.89. The SMILES string of the molecule is O=C(O)C[C@@H](c1ccc(F)c(F)c1)N1CC(F)(CCCCc2ccc3c(n2)NCCC3)C1. The van der Waals surface area contributed by atoms with Crippen LogP contribution in [0.4, 0.5) is 19.0 Å². The highest BCUT2D eigenvalue weighted by atomic mass is 19.2. The van der Waals surface area contributed by atoms with Gasteiger partial charge in [-0.25, -0.2) is 18.2 Å². The van der Waals surface area contributed by atoms with Crippen molar-refractivity contribution in [2.75, 3.05) is 25.0 Å². The number of hydrogen-bond acceptors (Lipinski definition) is 4. The Labute approximate surface area is 185 Å². The molecule has 3 heterocycles. The zero-order valence-electron chi connectivity index (χ0n) is 17.9. The summed E-state index contributed by atoms with van der Waals surface area (Å²) in [4.78, 5) is 17.6. The average molecular weight is 448 g/mol. The summed E-state index contributed by atoms with van der Waals surface area (Å²) in [5, 5.41) is 12.5. The van der Waals surface area contributed by atoms with Crippen molar-refractivity contribution in [1.82, 2.24) is 9.88 Å². The Balaban J connectivity index is 1.28. The van der Waals surface area contributed by atoms with Crippen molar-refractivity contribution in [3.8, 4) is 0 Å². The number of aryl methyl sites for hydroxylation is 2. The van der Waals surface area contributed by atoms with Gasteiger partial charge in [0.1, 0.15) is 11.5 Å². The fourth-order valence-corrected chi connectivity index (χ4v) is 4.66. The van der Waals surface area contributed by atoms with Gasteiger partial charge < -0.3 is 10.4 Å². The number of rotatable bonds is 9. The molecule has 1 aromatic heterocycles. The van der Waals surface area contributed by atoms with Crippen LogP contribution in [0.15, 0.2) is 30.3 Å². The molecule has 0 unspecified atom stereocenters. The maximum Gasteiger partial charge on any atom is 0.305 e. The van der Waals surface area contributed by atoms with Crippen molar-refractivity contribution in [3.05, 3.63) is 58.8 Å². The van der Waals surface area contributed by atoms with E-state index in [1.807, 2.05) is 6.07 Å². The lowest BCUT2D eigenvalue weighted by atomic mass is 9.86. The van der Waals surface area contributed by atoms with Crippen LogP contribution in [0.2, 0.25) is 0 Å². The number of benzene rings is 1. The number of nitrogens with zero attached hydrogens (tertiary/aromatic N) is 2. The Morgan fingerprint density at radius 1 is 1.19 bits per heavy atom. The average Bonchev–Trinajstić information content (AvgIpc) is 2.75. The summed E-state index contributed by atoms with van der Waals surface area (Å²) >= 11 is 0. The van der Waals surface area contributed by atoms with Crippen LogP contribution >= 0.6 is 0 Å². The van der Waals surface area contributed by atoms with E-state index >= 15 is 4.39 Å². The molecule has 2 aromatic rings. The van der Waals surface area contributed by atoms with E-state index in [2.05, 4.69) is 16.4 Å². The lowest BCUT2D eigenvalue weighted by Crippen LogP contribution is -2.60. The molecule has 1 saturated heterocycles. The number of likely N-dealkylation sites (tertiary alicyclic amines) is 1. The van der Waals surface area contributed by atoms with Gasteiger partial charge in [-0.3, -0.25) is 9.69 Å². The molecule has 1 atom stereocenters. The predicted molar refractivity (Wildman–Crippen MR) is 115 cm³/mol. The number of fused-ring (bicyclic) bond motifs is 1. The van der Waals surface area contributed by atoms with Gasteiger partial charge in [0, 0.05) is 31.4 Å². The Kier molecular flexibility index (Phi) is 6.69. The summed E-state index contributed by atoms with van der Waals surface area (Å²) < 4.78 is 42.0. The van der Waals surface area contributed by atoms with Crippen molar-refractivity contribution in [1.29, 1.82) is 0 Å². The highest BCUT2D eigenvalue weighted by Crippen LogP contribution is 2.38. The maximum atomic E-state index is 15.1. The van der Waals surface area contributed by atoms with Crippen molar-refractivity contribution < 1.29 is 23.1 Å². The Bertz CT molecular complexity index is 979. The number of aliphatic carboxylic acids is 1. The van der Waals surface area contributed by atoms with Crippen LogP contribution in [0.1, 0.15) is 55.0 Å². The summed E-state index contributed by atoms with van der Waals surface area (Å²) in [5.74, 6) is -2.12. The van der Waals surface area contributed by atoms with E-state index in [9.17, 15) is 18.7 Å². The number of carboxylic acids is 1. The van der Waals surface area contributed by atoms with Gasteiger partial charge in [0.05, 0.1) is 6.42 Å². The molecule has 0 amide bonds. The predicted octanol–water partition coefficient (Wildman–Crippen LogP) is 4.67. The Morgan fingerprint density at radius 2 is 2.00 bits per heavy atom. The molecule has 0 spiro atoms. The molecule has 0 saturated carbocycles. The molecule has 172 valence electrons. The zero-order chi connectivity index (χ0) is 22.7. The smallest absolute Gasteiger partial charge is 0.305 e. The number of pyridine rings is 1. The number of aromatic nitrogens is 1. The van der Waals surface area contributed by atoms with E-state index in [1.54, 1.807) is 4.90 Å². The van der Waals surface area contributed by atoms with E-state index in [4.69, 9.17) is 0 Å². The standard InChI is InChI=1S/C24H28F3N3O2/c25-19-9-7-17(12-20(19)26)21(13-22(31)32)30-14-24(27,15-30)10-2-1-5-18-8-6-16-4-3-11-28-23(16)29-18/h6-9,12,21H,1-5,10-11,13-15H2,(H,28,29)(H,31,32)/t21-/m0/s1. The molecular weight excluding hydrogens is 419 g/mol.